The van der Waals surface area contributed by atoms with Crippen LogP contribution in [0.4, 0.5) is 0 Å². The zero-order chi connectivity index (χ0) is 19.1. The van der Waals surface area contributed by atoms with Crippen LogP contribution in [0.1, 0.15) is 60.7 Å². The van der Waals surface area contributed by atoms with Crippen molar-refractivity contribution in [1.29, 1.82) is 0 Å². The fraction of sp³-hybridized carbons (Fsp3) is 0.240. The van der Waals surface area contributed by atoms with Crippen LogP contribution < -0.4 is 4.74 Å². The van der Waals surface area contributed by atoms with Crippen LogP contribution in [0.15, 0.2) is 84.0 Å². The Balaban J connectivity index is 1.56. The molecule has 3 aromatic rings. The Labute approximate surface area is 166 Å². The highest BCUT2D eigenvalue weighted by Gasteiger charge is 2.40. The minimum atomic E-state index is -0.206. The number of hydrogen-bond donors (Lipinski definition) is 0. The fourth-order valence-corrected chi connectivity index (χ4v) is 4.10. The van der Waals surface area contributed by atoms with Crippen molar-refractivity contribution < 1.29 is 4.74 Å². The summed E-state index contributed by atoms with van der Waals surface area (Å²) in [4.78, 5) is 0. The highest BCUT2D eigenvalue weighted by molar-refractivity contribution is 6.01. The molecular weight excluding hydrogens is 344 g/mol. The molecule has 3 heteroatoms. The predicted molar refractivity (Wildman–Crippen MR) is 113 cm³/mol. The first-order chi connectivity index (χ1) is 13.7. The highest BCUT2D eigenvalue weighted by Crippen LogP contribution is 2.47. The number of nitrogens with zero attached hydrogens (tertiary/aromatic N) is 2. The lowest BCUT2D eigenvalue weighted by Gasteiger charge is -2.38. The van der Waals surface area contributed by atoms with Gasteiger partial charge in [0.15, 0.2) is 0 Å². The van der Waals surface area contributed by atoms with Gasteiger partial charge in [0, 0.05) is 17.5 Å². The smallest absolute Gasteiger partial charge is 0.213 e. The minimum Gasteiger partial charge on any atom is -0.464 e. The zero-order valence-corrected chi connectivity index (χ0v) is 16.2. The van der Waals surface area contributed by atoms with Gasteiger partial charge in [0.05, 0.1) is 11.8 Å². The van der Waals surface area contributed by atoms with Crippen LogP contribution in [0.25, 0.3) is 0 Å². The van der Waals surface area contributed by atoms with Crippen LogP contribution in [-0.4, -0.2) is 10.7 Å². The molecule has 0 N–H and O–H groups in total. The van der Waals surface area contributed by atoms with Gasteiger partial charge in [0.25, 0.3) is 0 Å². The van der Waals surface area contributed by atoms with Crippen molar-refractivity contribution in [3.8, 4) is 5.75 Å². The molecule has 0 aromatic heterocycles. The molecule has 0 fully saturated rings. The molecule has 0 radical (unpaired) electrons. The van der Waals surface area contributed by atoms with E-state index >= 15 is 0 Å². The van der Waals surface area contributed by atoms with E-state index in [9.17, 15) is 0 Å². The van der Waals surface area contributed by atoms with Crippen LogP contribution in [-0.2, 0) is 0 Å². The molecule has 2 atom stereocenters. The van der Waals surface area contributed by atoms with Crippen LogP contribution in [0.3, 0.4) is 0 Å². The van der Waals surface area contributed by atoms with Crippen molar-refractivity contribution in [2.45, 2.75) is 38.5 Å². The Bertz CT molecular complexity index is 1010. The molecule has 5 rings (SSSR count). The second kappa shape index (κ2) is 6.83. The van der Waals surface area contributed by atoms with E-state index in [0.29, 0.717) is 5.92 Å². The van der Waals surface area contributed by atoms with E-state index in [1.165, 1.54) is 16.7 Å². The summed E-state index contributed by atoms with van der Waals surface area (Å²) in [6, 6.07) is 27.8. The van der Waals surface area contributed by atoms with Gasteiger partial charge >= 0.3 is 0 Å². The first-order valence-corrected chi connectivity index (χ1v) is 9.97. The average molecular weight is 368 g/mol. The lowest BCUT2D eigenvalue weighted by molar-refractivity contribution is -0.0190. The molecular formula is C25H24N2O. The predicted octanol–water partition coefficient (Wildman–Crippen LogP) is 6.05. The number of rotatable bonds is 3. The van der Waals surface area contributed by atoms with Gasteiger partial charge < -0.3 is 4.74 Å². The quantitative estimate of drug-likeness (QED) is 0.562. The van der Waals surface area contributed by atoms with E-state index in [2.05, 4.69) is 85.6 Å². The second-order valence-electron chi connectivity index (χ2n) is 7.84. The molecule has 0 saturated heterocycles. The third kappa shape index (κ3) is 2.88. The summed E-state index contributed by atoms with van der Waals surface area (Å²) in [5.41, 5.74) is 6.00. The molecule has 2 aliphatic heterocycles. The van der Waals surface area contributed by atoms with Gasteiger partial charge in [-0.1, -0.05) is 86.6 Å². The van der Waals surface area contributed by atoms with E-state index < -0.39 is 0 Å². The standard InChI is InChI=1S/C25H24N2O/c1-17(2)18-12-14-20(15-13-18)25-27-23(21-10-6-7-11-24(21)28-25)16-22(26-27)19-8-4-3-5-9-19/h3-15,17,23,25H,16H2,1-2H3/t23-,25-/m0/s1. The number of fused-ring (bicyclic) bond motifs is 3. The molecule has 0 aliphatic carbocycles. The molecule has 2 heterocycles. The first-order valence-electron chi connectivity index (χ1n) is 9.97. The number of benzene rings is 3. The molecule has 3 nitrogen and oxygen atoms in total. The van der Waals surface area contributed by atoms with Crippen molar-refractivity contribution in [1.82, 2.24) is 5.01 Å². The van der Waals surface area contributed by atoms with E-state index in [0.717, 1.165) is 23.4 Å². The van der Waals surface area contributed by atoms with Crippen molar-refractivity contribution in [2.24, 2.45) is 5.10 Å². The van der Waals surface area contributed by atoms with Gasteiger partial charge in [-0.05, 0) is 23.1 Å². The molecule has 0 spiro atoms. The van der Waals surface area contributed by atoms with E-state index in [1.54, 1.807) is 0 Å². The summed E-state index contributed by atoms with van der Waals surface area (Å²) in [6.45, 7) is 4.44. The third-order valence-corrected chi connectivity index (χ3v) is 5.69. The number of hydrogen-bond acceptors (Lipinski definition) is 3. The Kier molecular flexibility index (Phi) is 4.16. The zero-order valence-electron chi connectivity index (χ0n) is 16.2. The Morgan fingerprint density at radius 2 is 1.61 bits per heavy atom. The van der Waals surface area contributed by atoms with Crippen LogP contribution in [0.5, 0.6) is 5.75 Å². The van der Waals surface area contributed by atoms with E-state index in [-0.39, 0.29) is 12.3 Å². The fourth-order valence-electron chi connectivity index (χ4n) is 4.10. The second-order valence-corrected chi connectivity index (χ2v) is 7.84. The normalized spacial score (nSPS) is 20.4. The Morgan fingerprint density at radius 3 is 2.36 bits per heavy atom. The van der Waals surface area contributed by atoms with Gasteiger partial charge in [-0.2, -0.15) is 5.10 Å². The van der Waals surface area contributed by atoms with Gasteiger partial charge in [0.1, 0.15) is 5.75 Å². The molecule has 3 aromatic carbocycles. The summed E-state index contributed by atoms with van der Waals surface area (Å²) in [7, 11) is 0. The van der Waals surface area contributed by atoms with Gasteiger partial charge in [-0.25, -0.2) is 5.01 Å². The molecule has 0 saturated carbocycles. The van der Waals surface area contributed by atoms with Crippen molar-refractivity contribution >= 4 is 5.71 Å². The average Bonchev–Trinajstić information content (AvgIpc) is 3.20. The van der Waals surface area contributed by atoms with Crippen LogP contribution >= 0.6 is 0 Å². The first kappa shape index (κ1) is 17.1. The maximum atomic E-state index is 6.44. The number of ether oxygens (including phenoxy) is 1. The SMILES string of the molecule is CC(C)c1ccc([C@@H]2Oc3ccccc3[C@@H]3CC(c4ccccc4)=NN32)cc1. The minimum absolute atomic E-state index is 0.204. The number of para-hydroxylation sites is 1. The van der Waals surface area contributed by atoms with Crippen LogP contribution in [0.2, 0.25) is 0 Å². The summed E-state index contributed by atoms with van der Waals surface area (Å²) in [6.07, 6.45) is 0.688. The molecule has 0 unspecified atom stereocenters. The Hall–Kier alpha value is -3.07. The summed E-state index contributed by atoms with van der Waals surface area (Å²) < 4.78 is 6.44. The summed E-state index contributed by atoms with van der Waals surface area (Å²) in [5, 5.41) is 7.17. The van der Waals surface area contributed by atoms with E-state index in [4.69, 9.17) is 9.84 Å². The lowest BCUT2D eigenvalue weighted by atomic mass is 9.95. The monoisotopic (exact) mass is 368 g/mol. The van der Waals surface area contributed by atoms with Crippen molar-refractivity contribution in [3.63, 3.8) is 0 Å². The van der Waals surface area contributed by atoms with E-state index in [1.807, 2.05) is 12.1 Å². The highest BCUT2D eigenvalue weighted by atomic mass is 16.5. The Morgan fingerprint density at radius 1 is 0.893 bits per heavy atom. The maximum absolute atomic E-state index is 6.44. The van der Waals surface area contributed by atoms with Gasteiger partial charge in [-0.15, -0.1) is 0 Å². The third-order valence-electron chi connectivity index (χ3n) is 5.69. The van der Waals surface area contributed by atoms with Crippen molar-refractivity contribution in [2.75, 3.05) is 0 Å². The van der Waals surface area contributed by atoms with Crippen molar-refractivity contribution in [3.05, 3.63) is 101 Å². The van der Waals surface area contributed by atoms with Gasteiger partial charge in [0.2, 0.25) is 6.23 Å². The van der Waals surface area contributed by atoms with Crippen LogP contribution in [0, 0.1) is 0 Å². The topological polar surface area (TPSA) is 24.8 Å². The molecule has 28 heavy (non-hydrogen) atoms. The lowest BCUT2D eigenvalue weighted by Crippen LogP contribution is -2.33. The summed E-state index contributed by atoms with van der Waals surface area (Å²) >= 11 is 0. The molecule has 140 valence electrons. The largest absolute Gasteiger partial charge is 0.464 e. The molecule has 0 amide bonds. The number of hydrazone groups is 1. The molecule has 0 bridgehead atoms. The van der Waals surface area contributed by atoms with Gasteiger partial charge in [-0.3, -0.25) is 0 Å². The molecule has 2 aliphatic rings. The maximum Gasteiger partial charge on any atom is 0.213 e. The summed E-state index contributed by atoms with van der Waals surface area (Å²) in [5.74, 6) is 1.48.